The van der Waals surface area contributed by atoms with E-state index in [0.29, 0.717) is 17.2 Å². The summed E-state index contributed by atoms with van der Waals surface area (Å²) in [5.74, 6) is -3.25. The molecule has 2 N–H and O–H groups in total. The van der Waals surface area contributed by atoms with Gasteiger partial charge in [-0.25, -0.2) is 13.8 Å². The fourth-order valence-electron chi connectivity index (χ4n) is 4.23. The Labute approximate surface area is 216 Å². The molecule has 1 fully saturated rings. The SMILES string of the molecule is Cn1cc(-c2ccnc(-n3ncc4cc(OC(F)F)cc(F)c4c3=O)c2CO)cc(NC(=O)[C@@H]2C[C@@H]2F)c1=O. The van der Waals surface area contributed by atoms with Gasteiger partial charge in [-0.1, -0.05) is 0 Å². The van der Waals surface area contributed by atoms with Gasteiger partial charge < -0.3 is 19.7 Å². The van der Waals surface area contributed by atoms with Crippen molar-refractivity contribution in [2.75, 3.05) is 5.32 Å². The Bertz CT molecular complexity index is 1740. The minimum Gasteiger partial charge on any atom is -0.435 e. The molecule has 1 aliphatic carbocycles. The number of nitrogens with one attached hydrogen (secondary N) is 1. The molecule has 3 aromatic heterocycles. The molecule has 0 spiro atoms. The van der Waals surface area contributed by atoms with Crippen LogP contribution in [0.1, 0.15) is 12.0 Å². The highest BCUT2D eigenvalue weighted by molar-refractivity contribution is 5.95. The number of aromatic nitrogens is 4. The lowest BCUT2D eigenvalue weighted by Crippen LogP contribution is -2.26. The molecule has 0 bridgehead atoms. The zero-order chi connectivity index (χ0) is 28.0. The molecule has 1 saturated carbocycles. The number of hydrogen-bond acceptors (Lipinski definition) is 7. The summed E-state index contributed by atoms with van der Waals surface area (Å²) >= 11 is 0. The van der Waals surface area contributed by atoms with Crippen molar-refractivity contribution in [2.24, 2.45) is 13.0 Å². The van der Waals surface area contributed by atoms with Crippen LogP contribution in [0.3, 0.4) is 0 Å². The maximum atomic E-state index is 14.8. The van der Waals surface area contributed by atoms with Crippen molar-refractivity contribution in [1.29, 1.82) is 0 Å². The quantitative estimate of drug-likeness (QED) is 0.342. The first-order valence-electron chi connectivity index (χ1n) is 11.5. The highest BCUT2D eigenvalue weighted by Crippen LogP contribution is 2.35. The van der Waals surface area contributed by atoms with Crippen LogP contribution in [0.25, 0.3) is 27.7 Å². The van der Waals surface area contributed by atoms with Gasteiger partial charge >= 0.3 is 6.61 Å². The Hall–Kier alpha value is -4.59. The Morgan fingerprint density at radius 3 is 2.67 bits per heavy atom. The second kappa shape index (κ2) is 9.94. The number of ether oxygens (including phenoxy) is 1. The number of pyridine rings is 2. The van der Waals surface area contributed by atoms with Crippen molar-refractivity contribution < 1.29 is 32.2 Å². The van der Waals surface area contributed by atoms with Crippen LogP contribution in [0.4, 0.5) is 23.2 Å². The molecule has 0 radical (unpaired) electrons. The number of aliphatic hydroxyl groups is 1. The summed E-state index contributed by atoms with van der Waals surface area (Å²) in [5.41, 5.74) is -0.940. The minimum atomic E-state index is -3.20. The number of fused-ring (bicyclic) bond motifs is 1. The Balaban J connectivity index is 1.61. The van der Waals surface area contributed by atoms with Crippen LogP contribution in [-0.2, 0) is 18.4 Å². The van der Waals surface area contributed by atoms with E-state index in [-0.39, 0.29) is 28.9 Å². The summed E-state index contributed by atoms with van der Waals surface area (Å²) in [6.07, 6.45) is 2.58. The third-order valence-electron chi connectivity index (χ3n) is 6.23. The molecule has 3 heterocycles. The van der Waals surface area contributed by atoms with E-state index in [1.54, 1.807) is 0 Å². The zero-order valence-corrected chi connectivity index (χ0v) is 20.1. The maximum absolute atomic E-state index is 14.8. The number of amides is 1. The number of hydrogen-bond donors (Lipinski definition) is 2. The van der Waals surface area contributed by atoms with Crippen LogP contribution in [0.5, 0.6) is 5.75 Å². The van der Waals surface area contributed by atoms with E-state index in [9.17, 15) is 37.1 Å². The van der Waals surface area contributed by atoms with Crippen molar-refractivity contribution in [2.45, 2.75) is 25.8 Å². The molecule has 1 aliphatic rings. The molecular formula is C25H19F4N5O5. The second-order valence-corrected chi connectivity index (χ2v) is 8.83. The van der Waals surface area contributed by atoms with Crippen LogP contribution in [0.15, 0.2) is 52.4 Å². The highest BCUT2D eigenvalue weighted by Gasteiger charge is 2.43. The summed E-state index contributed by atoms with van der Waals surface area (Å²) in [4.78, 5) is 42.1. The van der Waals surface area contributed by atoms with Gasteiger partial charge in [-0.2, -0.15) is 18.6 Å². The summed E-state index contributed by atoms with van der Waals surface area (Å²) < 4.78 is 59.3. The van der Waals surface area contributed by atoms with Gasteiger partial charge in [0.25, 0.3) is 11.1 Å². The van der Waals surface area contributed by atoms with Crippen LogP contribution in [-0.4, -0.2) is 43.1 Å². The largest absolute Gasteiger partial charge is 0.435 e. The van der Waals surface area contributed by atoms with Crippen molar-refractivity contribution in [3.63, 3.8) is 0 Å². The number of aliphatic hydroxyl groups excluding tert-OH is 1. The molecule has 0 saturated heterocycles. The average Bonchev–Trinajstić information content (AvgIpc) is 3.62. The number of anilines is 1. The third-order valence-corrected chi connectivity index (χ3v) is 6.23. The summed E-state index contributed by atoms with van der Waals surface area (Å²) in [5, 5.41) is 16.1. The first-order chi connectivity index (χ1) is 18.6. The fourth-order valence-corrected chi connectivity index (χ4v) is 4.23. The van der Waals surface area contributed by atoms with E-state index in [1.807, 2.05) is 0 Å². The molecule has 0 unspecified atom stereocenters. The lowest BCUT2D eigenvalue weighted by Gasteiger charge is -2.15. The van der Waals surface area contributed by atoms with Crippen LogP contribution >= 0.6 is 0 Å². The fraction of sp³-hybridized carbons (Fsp3) is 0.240. The smallest absolute Gasteiger partial charge is 0.387 e. The van der Waals surface area contributed by atoms with E-state index in [4.69, 9.17) is 0 Å². The maximum Gasteiger partial charge on any atom is 0.387 e. The number of aryl methyl sites for hydroxylation is 1. The first kappa shape index (κ1) is 26.0. The monoisotopic (exact) mass is 545 g/mol. The molecule has 2 atom stereocenters. The lowest BCUT2D eigenvalue weighted by atomic mass is 10.0. The minimum absolute atomic E-state index is 0.0723. The van der Waals surface area contributed by atoms with E-state index < -0.39 is 59.3 Å². The van der Waals surface area contributed by atoms with Crippen LogP contribution in [0.2, 0.25) is 0 Å². The van der Waals surface area contributed by atoms with Crippen LogP contribution < -0.4 is 21.2 Å². The number of carbonyl (C=O) groups excluding carboxylic acids is 1. The average molecular weight is 545 g/mol. The molecule has 0 aliphatic heterocycles. The van der Waals surface area contributed by atoms with Crippen molar-refractivity contribution in [1.82, 2.24) is 19.3 Å². The van der Waals surface area contributed by atoms with Gasteiger partial charge in [0.05, 0.1) is 24.1 Å². The molecule has 4 aromatic rings. The van der Waals surface area contributed by atoms with E-state index in [2.05, 4.69) is 20.1 Å². The van der Waals surface area contributed by atoms with Crippen LogP contribution in [0, 0.1) is 11.7 Å². The Morgan fingerprint density at radius 2 is 2.00 bits per heavy atom. The van der Waals surface area contributed by atoms with Gasteiger partial charge in [-0.05, 0) is 30.2 Å². The van der Waals surface area contributed by atoms with Gasteiger partial charge in [0.2, 0.25) is 5.91 Å². The van der Waals surface area contributed by atoms with E-state index in [0.717, 1.165) is 16.9 Å². The van der Waals surface area contributed by atoms with Gasteiger partial charge in [-0.15, -0.1) is 0 Å². The lowest BCUT2D eigenvalue weighted by molar-refractivity contribution is -0.117. The number of carbonyl (C=O) groups is 1. The number of benzene rings is 1. The molecule has 10 nitrogen and oxygen atoms in total. The highest BCUT2D eigenvalue weighted by atomic mass is 19.3. The predicted octanol–water partition coefficient (Wildman–Crippen LogP) is 2.68. The number of halogens is 4. The van der Waals surface area contributed by atoms with Crippen molar-refractivity contribution in [3.05, 3.63) is 74.9 Å². The zero-order valence-electron chi connectivity index (χ0n) is 20.1. The molecule has 5 rings (SSSR count). The Kier molecular flexibility index (Phi) is 6.64. The van der Waals surface area contributed by atoms with Gasteiger partial charge in [-0.3, -0.25) is 14.4 Å². The molecular weight excluding hydrogens is 526 g/mol. The van der Waals surface area contributed by atoms with Gasteiger partial charge in [0.15, 0.2) is 5.82 Å². The predicted molar refractivity (Wildman–Crippen MR) is 130 cm³/mol. The standard InChI is InChI=1S/C25H19F4N5O5/c1-33-9-12(5-19(23(33)37)32-22(36)15-7-17(15)26)14-2-3-30-21(16(14)10-35)34-24(38)20-11(8-31-34)4-13(6-18(20)27)39-25(28)29/h2-6,8-9,15,17,25,35H,7,10H2,1H3,(H,32,36)/t15-,17+/m1/s1. The topological polar surface area (TPSA) is 128 Å². The summed E-state index contributed by atoms with van der Waals surface area (Å²) in [6, 6.07) is 4.51. The number of nitrogens with zero attached hydrogens (tertiary/aromatic N) is 4. The molecule has 202 valence electrons. The summed E-state index contributed by atoms with van der Waals surface area (Å²) in [7, 11) is 1.43. The molecule has 39 heavy (non-hydrogen) atoms. The Morgan fingerprint density at radius 1 is 1.26 bits per heavy atom. The molecule has 14 heteroatoms. The summed E-state index contributed by atoms with van der Waals surface area (Å²) in [6.45, 7) is -3.86. The first-order valence-corrected chi connectivity index (χ1v) is 11.5. The third kappa shape index (κ3) is 4.85. The molecule has 1 amide bonds. The van der Waals surface area contributed by atoms with Gasteiger partial charge in [0, 0.05) is 42.0 Å². The normalized spacial score (nSPS) is 16.5. The number of alkyl halides is 3. The van der Waals surface area contributed by atoms with E-state index >= 15 is 0 Å². The molecule has 1 aromatic carbocycles. The van der Waals surface area contributed by atoms with E-state index in [1.165, 1.54) is 36.1 Å². The number of rotatable bonds is 7. The van der Waals surface area contributed by atoms with Crippen molar-refractivity contribution >= 4 is 22.4 Å². The van der Waals surface area contributed by atoms with Gasteiger partial charge in [0.1, 0.15) is 23.4 Å². The second-order valence-electron chi connectivity index (χ2n) is 8.83. The van der Waals surface area contributed by atoms with Crippen molar-refractivity contribution in [3.8, 4) is 22.7 Å².